The number of nitrogens with one attached hydrogen (secondary N) is 1. The zero-order valence-electron chi connectivity index (χ0n) is 21.3. The van der Waals surface area contributed by atoms with Crippen LogP contribution in [0.5, 0.6) is 0 Å². The Morgan fingerprint density at radius 1 is 0.769 bits per heavy atom. The molecule has 206 valence electrons. The lowest BCUT2D eigenvalue weighted by Crippen LogP contribution is -2.39. The molecule has 0 radical (unpaired) electrons. The van der Waals surface area contributed by atoms with Crippen molar-refractivity contribution in [2.75, 3.05) is 0 Å². The van der Waals surface area contributed by atoms with Crippen molar-refractivity contribution in [1.82, 2.24) is 5.32 Å². The van der Waals surface area contributed by atoms with Gasteiger partial charge in [0.2, 0.25) is 11.7 Å². The van der Waals surface area contributed by atoms with Gasteiger partial charge in [0, 0.05) is 34.7 Å². The normalized spacial score (nSPS) is 13.9. The third-order valence-electron chi connectivity index (χ3n) is 6.52. The molecule has 0 fully saturated rings. The molecular formula is C30H28Cl2F3NO3. The predicted octanol–water partition coefficient (Wildman–Crippen LogP) is 7.74. The molecule has 0 heterocycles. The number of Topliss-reactive ketones (excluding diaryl/α,β-unsaturated/α-hetero) is 2. The highest BCUT2D eigenvalue weighted by Gasteiger charge is 2.45. The molecule has 3 aromatic carbocycles. The van der Waals surface area contributed by atoms with Gasteiger partial charge in [-0.05, 0) is 46.9 Å². The summed E-state index contributed by atoms with van der Waals surface area (Å²) in [4.78, 5) is 38.8. The second-order valence-electron chi connectivity index (χ2n) is 9.66. The van der Waals surface area contributed by atoms with Crippen LogP contribution in [0.15, 0.2) is 78.9 Å². The quantitative estimate of drug-likeness (QED) is 0.253. The molecule has 9 heteroatoms. The summed E-state index contributed by atoms with van der Waals surface area (Å²) < 4.78 is 39.7. The highest BCUT2D eigenvalue weighted by molar-refractivity contribution is 6.30. The van der Waals surface area contributed by atoms with Crippen molar-refractivity contribution in [2.24, 2.45) is 11.8 Å². The molecule has 1 N–H and O–H groups in total. The zero-order chi connectivity index (χ0) is 28.7. The number of benzene rings is 3. The number of carbonyl (C=O) groups is 3. The van der Waals surface area contributed by atoms with Crippen LogP contribution in [0.25, 0.3) is 0 Å². The summed E-state index contributed by atoms with van der Waals surface area (Å²) in [5, 5.41) is 3.58. The van der Waals surface area contributed by atoms with Crippen LogP contribution in [-0.4, -0.2) is 23.6 Å². The lowest BCUT2D eigenvalue weighted by molar-refractivity contribution is -0.177. The molecule has 1 amide bonds. The zero-order valence-corrected chi connectivity index (χ0v) is 22.9. The van der Waals surface area contributed by atoms with Crippen LogP contribution in [-0.2, 0) is 14.4 Å². The van der Waals surface area contributed by atoms with Crippen molar-refractivity contribution in [3.63, 3.8) is 0 Å². The van der Waals surface area contributed by atoms with Crippen LogP contribution in [0.2, 0.25) is 10.0 Å². The maximum absolute atomic E-state index is 13.4. The fourth-order valence-corrected chi connectivity index (χ4v) is 4.75. The number of alkyl halides is 3. The van der Waals surface area contributed by atoms with Crippen molar-refractivity contribution in [3.05, 3.63) is 106 Å². The van der Waals surface area contributed by atoms with Gasteiger partial charge in [-0.2, -0.15) is 13.2 Å². The van der Waals surface area contributed by atoms with E-state index in [1.165, 1.54) is 38.1 Å². The van der Waals surface area contributed by atoms with E-state index in [2.05, 4.69) is 5.32 Å². The number of hydrogen-bond donors (Lipinski definition) is 1. The van der Waals surface area contributed by atoms with Crippen LogP contribution >= 0.6 is 23.2 Å². The Kier molecular flexibility index (Phi) is 10.3. The Balaban J connectivity index is 1.91. The molecule has 0 aliphatic heterocycles. The van der Waals surface area contributed by atoms with Gasteiger partial charge < -0.3 is 5.32 Å². The summed E-state index contributed by atoms with van der Waals surface area (Å²) >= 11 is 12.2. The van der Waals surface area contributed by atoms with Gasteiger partial charge in [0.15, 0.2) is 5.78 Å². The average Bonchev–Trinajstić information content (AvgIpc) is 2.89. The summed E-state index contributed by atoms with van der Waals surface area (Å²) in [6, 6.07) is 21.2. The van der Waals surface area contributed by atoms with Crippen molar-refractivity contribution in [1.29, 1.82) is 0 Å². The fraction of sp³-hybridized carbons (Fsp3) is 0.300. The molecule has 0 saturated carbocycles. The topological polar surface area (TPSA) is 63.2 Å². The van der Waals surface area contributed by atoms with Gasteiger partial charge in [-0.3, -0.25) is 14.4 Å². The first-order valence-corrected chi connectivity index (χ1v) is 13.1. The molecule has 3 rings (SSSR count). The largest absolute Gasteiger partial charge is 0.450 e. The van der Waals surface area contributed by atoms with Gasteiger partial charge in [-0.1, -0.05) is 91.6 Å². The summed E-state index contributed by atoms with van der Waals surface area (Å²) in [7, 11) is 0. The minimum Gasteiger partial charge on any atom is -0.342 e. The molecule has 0 saturated heterocycles. The number of ketones is 2. The third kappa shape index (κ3) is 8.41. The van der Waals surface area contributed by atoms with Gasteiger partial charge in [-0.25, -0.2) is 0 Å². The van der Waals surface area contributed by atoms with Gasteiger partial charge in [0.25, 0.3) is 0 Å². The molecule has 4 nitrogen and oxygen atoms in total. The molecule has 0 spiro atoms. The standard InChI is InChI=1S/C30H28Cl2F3NO3/c1-18(2)24(29(39)30(33,34)35)16-26(37)28(20-11-13-22(31)14-12-20)36-27(38)17-25(19-7-4-3-5-8-19)21-9-6-10-23(32)15-21/h3-15,18,24-25,28H,16-17H2,1-2H3,(H,36,38)/t24-,25?,28-/m0/s1. The Hall–Kier alpha value is -3.16. The lowest BCUT2D eigenvalue weighted by atomic mass is 9.84. The van der Waals surface area contributed by atoms with E-state index < -0.39 is 53.9 Å². The monoisotopic (exact) mass is 577 g/mol. The van der Waals surface area contributed by atoms with Gasteiger partial charge >= 0.3 is 6.18 Å². The Bertz CT molecular complexity index is 1290. The van der Waals surface area contributed by atoms with E-state index in [-0.39, 0.29) is 6.42 Å². The first kappa shape index (κ1) is 30.4. The fourth-order valence-electron chi connectivity index (χ4n) is 4.42. The third-order valence-corrected chi connectivity index (χ3v) is 7.00. The molecule has 0 aliphatic rings. The van der Waals surface area contributed by atoms with E-state index >= 15 is 0 Å². The van der Waals surface area contributed by atoms with Crippen molar-refractivity contribution in [3.8, 4) is 0 Å². The van der Waals surface area contributed by atoms with Gasteiger partial charge in [0.1, 0.15) is 6.04 Å². The maximum Gasteiger partial charge on any atom is 0.450 e. The van der Waals surface area contributed by atoms with E-state index in [0.29, 0.717) is 15.6 Å². The van der Waals surface area contributed by atoms with Gasteiger partial charge in [0.05, 0.1) is 0 Å². The van der Waals surface area contributed by atoms with Crippen LogP contribution in [0.3, 0.4) is 0 Å². The van der Waals surface area contributed by atoms with Crippen molar-refractivity contribution >= 4 is 40.7 Å². The minimum absolute atomic E-state index is 0.0587. The average molecular weight is 578 g/mol. The number of rotatable bonds is 11. The van der Waals surface area contributed by atoms with E-state index in [9.17, 15) is 27.6 Å². The second-order valence-corrected chi connectivity index (χ2v) is 10.5. The molecule has 0 bridgehead atoms. The Morgan fingerprint density at radius 3 is 1.95 bits per heavy atom. The molecule has 1 unspecified atom stereocenters. The van der Waals surface area contributed by atoms with E-state index in [0.717, 1.165) is 11.1 Å². The second kappa shape index (κ2) is 13.3. The van der Waals surface area contributed by atoms with Crippen LogP contribution in [0.1, 0.15) is 55.3 Å². The predicted molar refractivity (Wildman–Crippen MR) is 146 cm³/mol. The van der Waals surface area contributed by atoms with Gasteiger partial charge in [-0.15, -0.1) is 0 Å². The first-order chi connectivity index (χ1) is 18.4. The smallest absolute Gasteiger partial charge is 0.342 e. The number of hydrogen-bond acceptors (Lipinski definition) is 3. The lowest BCUT2D eigenvalue weighted by Gasteiger charge is -2.25. The number of carbonyl (C=O) groups excluding carboxylic acids is 3. The molecule has 0 aliphatic carbocycles. The van der Waals surface area contributed by atoms with Crippen LogP contribution < -0.4 is 5.32 Å². The number of halogens is 5. The highest BCUT2D eigenvalue weighted by Crippen LogP contribution is 2.32. The SMILES string of the molecule is CC(C)[C@H](CC(=O)[C@@H](NC(=O)CC(c1ccccc1)c1cccc(Cl)c1)c1ccc(Cl)cc1)C(=O)C(F)(F)F. The minimum atomic E-state index is -5.08. The number of amides is 1. The molecule has 0 aromatic heterocycles. The summed E-state index contributed by atoms with van der Waals surface area (Å²) in [5.41, 5.74) is 1.98. The molecular weight excluding hydrogens is 550 g/mol. The highest BCUT2D eigenvalue weighted by atomic mass is 35.5. The summed E-state index contributed by atoms with van der Waals surface area (Å²) in [6.45, 7) is 2.90. The van der Waals surface area contributed by atoms with Crippen molar-refractivity contribution < 1.29 is 27.6 Å². The Labute approximate surface area is 235 Å². The maximum atomic E-state index is 13.4. The van der Waals surface area contributed by atoms with Crippen molar-refractivity contribution in [2.45, 2.75) is 44.8 Å². The van der Waals surface area contributed by atoms with E-state index in [4.69, 9.17) is 23.2 Å². The molecule has 39 heavy (non-hydrogen) atoms. The first-order valence-electron chi connectivity index (χ1n) is 12.4. The van der Waals surface area contributed by atoms with Crippen LogP contribution in [0, 0.1) is 11.8 Å². The molecule has 3 aromatic rings. The summed E-state index contributed by atoms with van der Waals surface area (Å²) in [5.74, 6) is -5.89. The van der Waals surface area contributed by atoms with E-state index in [1.54, 1.807) is 18.2 Å². The molecule has 3 atom stereocenters. The van der Waals surface area contributed by atoms with Crippen LogP contribution in [0.4, 0.5) is 13.2 Å². The Morgan fingerprint density at radius 2 is 1.38 bits per heavy atom. The van der Waals surface area contributed by atoms with E-state index in [1.807, 2.05) is 36.4 Å². The summed E-state index contributed by atoms with van der Waals surface area (Å²) in [6.07, 6.45) is -5.81.